The van der Waals surface area contributed by atoms with Gasteiger partial charge >= 0.3 is 0 Å². The Kier molecular flexibility index (Phi) is 13.6. The van der Waals surface area contributed by atoms with Crippen LogP contribution in [-0.4, -0.2) is 4.57 Å². The number of benzene rings is 12. The second kappa shape index (κ2) is 21.6. The highest BCUT2D eigenvalue weighted by Crippen LogP contribution is 2.43. The molecule has 12 aromatic carbocycles. The zero-order chi connectivity index (χ0) is 56.0. The summed E-state index contributed by atoms with van der Waals surface area (Å²) in [4.78, 5) is 4.65. The van der Waals surface area contributed by atoms with Crippen LogP contribution in [0.4, 0.5) is 34.1 Å². The van der Waals surface area contributed by atoms with Crippen molar-refractivity contribution in [2.45, 2.75) is 48.5 Å². The Balaban J connectivity index is 0.865. The smallest absolute Gasteiger partial charge is 0.0541 e. The first-order valence-corrected chi connectivity index (χ1v) is 28.5. The molecule has 0 radical (unpaired) electrons. The Bertz CT molecular complexity index is 4190. The number of aryl methyl sites for hydroxylation is 7. The minimum atomic E-state index is 1.12. The van der Waals surface area contributed by atoms with Crippen LogP contribution in [0, 0.1) is 48.5 Å². The third-order valence-electron chi connectivity index (χ3n) is 16.5. The Morgan fingerprint density at radius 1 is 0.232 bits per heavy atom. The zero-order valence-electron chi connectivity index (χ0n) is 47.7. The summed E-state index contributed by atoms with van der Waals surface area (Å²) in [6, 6.07) is 98.5. The van der Waals surface area contributed by atoms with Crippen molar-refractivity contribution in [2.75, 3.05) is 9.80 Å². The summed E-state index contributed by atoms with van der Waals surface area (Å²) in [6.07, 6.45) is 0. The van der Waals surface area contributed by atoms with Gasteiger partial charge in [-0.2, -0.15) is 0 Å². The molecule has 0 atom stereocenters. The highest BCUT2D eigenvalue weighted by atomic mass is 15.1. The molecular formula is C79H65N3. The molecule has 82 heavy (non-hydrogen) atoms. The third kappa shape index (κ3) is 9.86. The number of hydrogen-bond donors (Lipinski definition) is 0. The fourth-order valence-electron chi connectivity index (χ4n) is 12.1. The molecule has 3 nitrogen and oxygen atoms in total. The van der Waals surface area contributed by atoms with E-state index in [4.69, 9.17) is 0 Å². The molecule has 0 amide bonds. The van der Waals surface area contributed by atoms with Gasteiger partial charge in [0.05, 0.1) is 11.0 Å². The highest BCUT2D eigenvalue weighted by Gasteiger charge is 2.20. The SMILES string of the molecule is Cc1ccc(-c2ccc(-n3c4ccc(-c5cc(C)c(-c6ccc(N(c7ccccc7)c7ccc(C)cc7)cc6)cc5C)cc4c4cc(-c5cc(C)c(-c6ccc(N(c7ccccc7)c7ccc(C)cc7)cc6)cc5C)ccc43)cc2)cc1. The van der Waals surface area contributed by atoms with Gasteiger partial charge in [-0.25, -0.2) is 0 Å². The van der Waals surface area contributed by atoms with Crippen molar-refractivity contribution in [2.24, 2.45) is 0 Å². The third-order valence-corrected chi connectivity index (χ3v) is 16.5. The number of aromatic nitrogens is 1. The predicted molar refractivity (Wildman–Crippen MR) is 350 cm³/mol. The van der Waals surface area contributed by atoms with E-state index in [1.165, 1.54) is 116 Å². The molecule has 0 saturated carbocycles. The van der Waals surface area contributed by atoms with Gasteiger partial charge in [0.25, 0.3) is 0 Å². The molecule has 396 valence electrons. The number of hydrogen-bond acceptors (Lipinski definition) is 2. The van der Waals surface area contributed by atoms with Crippen LogP contribution in [0.2, 0.25) is 0 Å². The zero-order valence-corrected chi connectivity index (χ0v) is 47.7. The van der Waals surface area contributed by atoms with Crippen molar-refractivity contribution in [3.05, 3.63) is 306 Å². The molecule has 13 rings (SSSR count). The van der Waals surface area contributed by atoms with E-state index < -0.39 is 0 Å². The standard InChI is InChI=1S/C79H65N3/c1-52-18-24-59(25-19-52)60-26-38-71(39-27-60)82-78-44-32-63(74-48-55(4)72(46-57(74)6)61-28-40-69(41-29-61)80(65-14-10-8-11-15-65)67-34-20-53(2)21-35-67)50-76(78)77-51-64(33-45-79(77)82)75-49-56(5)73(47-58(75)7)62-30-42-70(43-31-62)81(66-16-12-9-13-17-66)68-36-22-54(3)23-37-68/h8-51H,1-7H3. The molecule has 0 saturated heterocycles. The first-order chi connectivity index (χ1) is 40.0. The molecule has 0 aliphatic rings. The summed E-state index contributed by atoms with van der Waals surface area (Å²) in [5.74, 6) is 0. The molecule has 0 unspecified atom stereocenters. The van der Waals surface area contributed by atoms with Gasteiger partial charge in [-0.15, -0.1) is 0 Å². The Morgan fingerprint density at radius 3 is 0.854 bits per heavy atom. The van der Waals surface area contributed by atoms with Crippen LogP contribution < -0.4 is 9.80 Å². The quantitative estimate of drug-likeness (QED) is 0.121. The molecule has 0 aliphatic carbocycles. The van der Waals surface area contributed by atoms with E-state index >= 15 is 0 Å². The van der Waals surface area contributed by atoms with Crippen molar-refractivity contribution in [3.63, 3.8) is 0 Å². The summed E-state index contributed by atoms with van der Waals surface area (Å²) in [5.41, 5.74) is 31.2. The maximum absolute atomic E-state index is 2.45. The van der Waals surface area contributed by atoms with E-state index in [2.05, 4.69) is 330 Å². The Morgan fingerprint density at radius 2 is 0.500 bits per heavy atom. The Hall–Kier alpha value is -9.96. The average Bonchev–Trinajstić information content (AvgIpc) is 3.69. The van der Waals surface area contributed by atoms with Gasteiger partial charge in [0.2, 0.25) is 0 Å². The van der Waals surface area contributed by atoms with E-state index in [1.807, 2.05) is 0 Å². The number of nitrogens with zero attached hydrogens (tertiary/aromatic N) is 3. The minimum Gasteiger partial charge on any atom is -0.311 e. The van der Waals surface area contributed by atoms with Crippen LogP contribution in [0.1, 0.15) is 38.9 Å². The fourth-order valence-corrected chi connectivity index (χ4v) is 12.1. The molecule has 0 spiro atoms. The lowest BCUT2D eigenvalue weighted by molar-refractivity contribution is 1.18. The summed E-state index contributed by atoms with van der Waals surface area (Å²) in [6.45, 7) is 15.4. The van der Waals surface area contributed by atoms with Crippen LogP contribution in [-0.2, 0) is 0 Å². The molecular weight excluding hydrogens is 991 g/mol. The lowest BCUT2D eigenvalue weighted by Crippen LogP contribution is -2.09. The van der Waals surface area contributed by atoms with Crippen molar-refractivity contribution in [1.82, 2.24) is 4.57 Å². The van der Waals surface area contributed by atoms with Gasteiger partial charge in [-0.05, 0) is 236 Å². The highest BCUT2D eigenvalue weighted by molar-refractivity contribution is 6.12. The summed E-state index contributed by atoms with van der Waals surface area (Å²) in [7, 11) is 0. The van der Waals surface area contributed by atoms with Gasteiger partial charge in [-0.1, -0.05) is 174 Å². The number of anilines is 6. The molecule has 3 heteroatoms. The molecule has 0 bridgehead atoms. The number of rotatable bonds is 12. The van der Waals surface area contributed by atoms with Gasteiger partial charge in [0.1, 0.15) is 0 Å². The van der Waals surface area contributed by atoms with E-state index in [9.17, 15) is 0 Å². The summed E-state index contributed by atoms with van der Waals surface area (Å²) in [5, 5.41) is 2.46. The largest absolute Gasteiger partial charge is 0.311 e. The average molecular weight is 1060 g/mol. The van der Waals surface area contributed by atoms with Crippen molar-refractivity contribution in [1.29, 1.82) is 0 Å². The van der Waals surface area contributed by atoms with Gasteiger partial charge < -0.3 is 14.4 Å². The predicted octanol–water partition coefficient (Wildman–Crippen LogP) is 22.2. The maximum Gasteiger partial charge on any atom is 0.0541 e. The van der Waals surface area contributed by atoms with Crippen molar-refractivity contribution >= 4 is 55.9 Å². The van der Waals surface area contributed by atoms with Crippen LogP contribution in [0.25, 0.3) is 83.1 Å². The van der Waals surface area contributed by atoms with Gasteiger partial charge in [0, 0.05) is 50.6 Å². The summed E-state index contributed by atoms with van der Waals surface area (Å²) < 4.78 is 2.45. The minimum absolute atomic E-state index is 1.12. The van der Waals surface area contributed by atoms with E-state index in [1.54, 1.807) is 0 Å². The molecule has 1 aromatic heterocycles. The molecule has 0 fully saturated rings. The van der Waals surface area contributed by atoms with E-state index in [0.29, 0.717) is 0 Å². The summed E-state index contributed by atoms with van der Waals surface area (Å²) >= 11 is 0. The normalized spacial score (nSPS) is 11.4. The molecule has 13 aromatic rings. The van der Waals surface area contributed by atoms with E-state index in [-0.39, 0.29) is 0 Å². The van der Waals surface area contributed by atoms with Crippen LogP contribution in [0.15, 0.2) is 267 Å². The lowest BCUT2D eigenvalue weighted by Gasteiger charge is -2.26. The van der Waals surface area contributed by atoms with Crippen LogP contribution >= 0.6 is 0 Å². The lowest BCUT2D eigenvalue weighted by atomic mass is 9.90. The van der Waals surface area contributed by atoms with Crippen molar-refractivity contribution in [3.8, 4) is 61.3 Å². The fraction of sp³-hybridized carbons (Fsp3) is 0.0886. The molecule has 1 heterocycles. The van der Waals surface area contributed by atoms with Gasteiger partial charge in [0.15, 0.2) is 0 Å². The maximum atomic E-state index is 2.45. The van der Waals surface area contributed by atoms with Crippen LogP contribution in [0.5, 0.6) is 0 Å². The second-order valence-electron chi connectivity index (χ2n) is 22.3. The van der Waals surface area contributed by atoms with Gasteiger partial charge in [-0.3, -0.25) is 0 Å². The topological polar surface area (TPSA) is 11.4 Å². The van der Waals surface area contributed by atoms with E-state index in [0.717, 1.165) is 39.8 Å². The second-order valence-corrected chi connectivity index (χ2v) is 22.3. The monoisotopic (exact) mass is 1060 g/mol. The Labute approximate surface area is 483 Å². The molecule has 0 N–H and O–H groups in total. The number of para-hydroxylation sites is 2. The van der Waals surface area contributed by atoms with Crippen LogP contribution in [0.3, 0.4) is 0 Å². The number of fused-ring (bicyclic) bond motifs is 3. The first-order valence-electron chi connectivity index (χ1n) is 28.5. The molecule has 0 aliphatic heterocycles. The van der Waals surface area contributed by atoms with Crippen molar-refractivity contribution < 1.29 is 0 Å². The first kappa shape index (κ1) is 51.5.